The van der Waals surface area contributed by atoms with Gasteiger partial charge < -0.3 is 5.11 Å². The smallest absolute Gasteiger partial charge is 0.126 e. The Labute approximate surface area is 111 Å². The third-order valence-corrected chi connectivity index (χ3v) is 3.62. The second kappa shape index (κ2) is 6.03. The van der Waals surface area contributed by atoms with Gasteiger partial charge in [0.25, 0.3) is 0 Å². The zero-order valence-corrected chi connectivity index (χ0v) is 11.0. The minimum Gasteiger partial charge on any atom is -0.388 e. The molecule has 0 fully saturated rings. The molecule has 2 aromatic carbocycles. The molecule has 0 aliphatic rings. The van der Waals surface area contributed by atoms with E-state index in [4.69, 9.17) is 0 Å². The van der Waals surface area contributed by atoms with E-state index in [0.29, 0.717) is 12.0 Å². The molecule has 2 rings (SSSR count). The van der Waals surface area contributed by atoms with Crippen molar-refractivity contribution in [1.29, 1.82) is 0 Å². The maximum Gasteiger partial charge on any atom is 0.126 e. The van der Waals surface area contributed by atoms with E-state index in [9.17, 15) is 9.50 Å². The van der Waals surface area contributed by atoms with Gasteiger partial charge in [-0.05, 0) is 35.6 Å². The minimum atomic E-state index is -0.669. The molecule has 18 heavy (non-hydrogen) atoms. The summed E-state index contributed by atoms with van der Waals surface area (Å²) in [6.07, 6.45) is 1.63. The van der Waals surface area contributed by atoms with E-state index in [0.717, 1.165) is 10.5 Å². The first-order valence-corrected chi connectivity index (χ1v) is 6.98. The molecule has 0 saturated carbocycles. The number of rotatable bonds is 4. The summed E-state index contributed by atoms with van der Waals surface area (Å²) < 4.78 is 13.5. The average Bonchev–Trinajstić information content (AvgIpc) is 2.41. The van der Waals surface area contributed by atoms with Gasteiger partial charge in [0.05, 0.1) is 6.10 Å². The van der Waals surface area contributed by atoms with Crippen LogP contribution in [0.2, 0.25) is 0 Å². The lowest BCUT2D eigenvalue weighted by Crippen LogP contribution is -2.03. The molecular weight excluding hydrogens is 247 g/mol. The molecule has 0 spiro atoms. The van der Waals surface area contributed by atoms with E-state index >= 15 is 0 Å². The number of hydrogen-bond acceptors (Lipinski definition) is 2. The molecule has 0 aliphatic heterocycles. The molecule has 0 heterocycles. The number of halogens is 1. The van der Waals surface area contributed by atoms with Crippen LogP contribution in [0.25, 0.3) is 0 Å². The van der Waals surface area contributed by atoms with Gasteiger partial charge in [-0.1, -0.05) is 30.3 Å². The average molecular weight is 262 g/mol. The fourth-order valence-electron chi connectivity index (χ4n) is 1.82. The van der Waals surface area contributed by atoms with Gasteiger partial charge in [0, 0.05) is 11.3 Å². The van der Waals surface area contributed by atoms with Crippen molar-refractivity contribution in [1.82, 2.24) is 0 Å². The standard InChI is InChI=1S/C15H15FOS/c1-18-13-8-6-11(7-9-13)15(17)10-12-4-2-3-5-14(12)16/h2-9,15,17H,10H2,1H3. The molecule has 0 saturated heterocycles. The van der Waals surface area contributed by atoms with Gasteiger partial charge in [0.1, 0.15) is 5.82 Å². The van der Waals surface area contributed by atoms with Crippen LogP contribution >= 0.6 is 11.8 Å². The largest absolute Gasteiger partial charge is 0.388 e. The van der Waals surface area contributed by atoms with Crippen LogP contribution in [0.3, 0.4) is 0 Å². The highest BCUT2D eigenvalue weighted by atomic mass is 32.2. The Morgan fingerprint density at radius 1 is 1.11 bits per heavy atom. The summed E-state index contributed by atoms with van der Waals surface area (Å²) in [5.74, 6) is -0.266. The van der Waals surface area contributed by atoms with Crippen LogP contribution in [0.1, 0.15) is 17.2 Å². The highest BCUT2D eigenvalue weighted by molar-refractivity contribution is 7.98. The van der Waals surface area contributed by atoms with Crippen LogP contribution in [0, 0.1) is 5.82 Å². The van der Waals surface area contributed by atoms with Gasteiger partial charge >= 0.3 is 0 Å². The Balaban J connectivity index is 2.11. The maximum atomic E-state index is 13.5. The van der Waals surface area contributed by atoms with Crippen LogP contribution in [0.4, 0.5) is 4.39 Å². The van der Waals surface area contributed by atoms with Crippen molar-refractivity contribution >= 4 is 11.8 Å². The molecule has 0 aromatic heterocycles. The maximum absolute atomic E-state index is 13.5. The molecule has 2 aromatic rings. The number of thioether (sulfide) groups is 1. The number of aliphatic hydroxyl groups excluding tert-OH is 1. The Bertz CT molecular complexity index is 510. The Morgan fingerprint density at radius 2 is 1.78 bits per heavy atom. The van der Waals surface area contributed by atoms with Gasteiger partial charge in [-0.2, -0.15) is 0 Å². The van der Waals surface area contributed by atoms with E-state index < -0.39 is 6.10 Å². The molecule has 0 radical (unpaired) electrons. The summed E-state index contributed by atoms with van der Waals surface area (Å²) in [7, 11) is 0. The lowest BCUT2D eigenvalue weighted by molar-refractivity contribution is 0.177. The van der Waals surface area contributed by atoms with E-state index in [1.54, 1.807) is 30.0 Å². The quantitative estimate of drug-likeness (QED) is 0.845. The zero-order valence-electron chi connectivity index (χ0n) is 10.1. The number of hydrogen-bond donors (Lipinski definition) is 1. The molecule has 1 atom stereocenters. The Kier molecular flexibility index (Phi) is 4.39. The first-order chi connectivity index (χ1) is 8.70. The summed E-state index contributed by atoms with van der Waals surface area (Å²) in [5.41, 5.74) is 1.36. The molecule has 0 bridgehead atoms. The molecule has 3 heteroatoms. The topological polar surface area (TPSA) is 20.2 Å². The molecule has 0 amide bonds. The first kappa shape index (κ1) is 13.1. The fourth-order valence-corrected chi connectivity index (χ4v) is 2.22. The van der Waals surface area contributed by atoms with Crippen LogP contribution in [-0.4, -0.2) is 11.4 Å². The van der Waals surface area contributed by atoms with Crippen molar-refractivity contribution in [2.75, 3.05) is 6.26 Å². The van der Waals surface area contributed by atoms with Gasteiger partial charge in [-0.3, -0.25) is 0 Å². The first-order valence-electron chi connectivity index (χ1n) is 5.76. The number of aliphatic hydroxyl groups is 1. The van der Waals surface area contributed by atoms with E-state index in [2.05, 4.69) is 0 Å². The van der Waals surface area contributed by atoms with E-state index in [1.165, 1.54) is 6.07 Å². The monoisotopic (exact) mass is 262 g/mol. The number of benzene rings is 2. The predicted molar refractivity (Wildman–Crippen MR) is 73.3 cm³/mol. The van der Waals surface area contributed by atoms with E-state index in [-0.39, 0.29) is 5.82 Å². The minimum absolute atomic E-state index is 0.266. The highest BCUT2D eigenvalue weighted by Crippen LogP contribution is 2.22. The second-order valence-corrected chi connectivity index (χ2v) is 4.96. The molecule has 0 aliphatic carbocycles. The van der Waals surface area contributed by atoms with Crippen molar-refractivity contribution in [3.63, 3.8) is 0 Å². The third kappa shape index (κ3) is 3.12. The molecule has 1 nitrogen and oxygen atoms in total. The summed E-state index contributed by atoms with van der Waals surface area (Å²) in [6, 6.07) is 14.2. The van der Waals surface area contributed by atoms with Crippen molar-refractivity contribution in [3.05, 3.63) is 65.5 Å². The van der Waals surface area contributed by atoms with Crippen molar-refractivity contribution < 1.29 is 9.50 Å². The normalized spacial score (nSPS) is 12.4. The van der Waals surface area contributed by atoms with Crippen LogP contribution in [0.5, 0.6) is 0 Å². The van der Waals surface area contributed by atoms with Crippen LogP contribution in [-0.2, 0) is 6.42 Å². The van der Waals surface area contributed by atoms with Crippen molar-refractivity contribution in [2.45, 2.75) is 17.4 Å². The SMILES string of the molecule is CSc1ccc(C(O)Cc2ccccc2F)cc1. The summed E-state index contributed by atoms with van der Waals surface area (Å²) in [5, 5.41) is 10.1. The van der Waals surface area contributed by atoms with Gasteiger partial charge in [-0.25, -0.2) is 4.39 Å². The van der Waals surface area contributed by atoms with Crippen molar-refractivity contribution in [2.24, 2.45) is 0 Å². The Hall–Kier alpha value is -1.32. The van der Waals surface area contributed by atoms with Crippen molar-refractivity contribution in [3.8, 4) is 0 Å². The molecule has 1 unspecified atom stereocenters. The lowest BCUT2D eigenvalue weighted by atomic mass is 10.0. The summed E-state index contributed by atoms with van der Waals surface area (Å²) in [4.78, 5) is 1.15. The Morgan fingerprint density at radius 3 is 2.39 bits per heavy atom. The fraction of sp³-hybridized carbons (Fsp3) is 0.200. The van der Waals surface area contributed by atoms with Crippen LogP contribution < -0.4 is 0 Å². The summed E-state index contributed by atoms with van der Waals surface area (Å²) in [6.45, 7) is 0. The van der Waals surface area contributed by atoms with Gasteiger partial charge in [-0.15, -0.1) is 11.8 Å². The predicted octanol–water partition coefficient (Wildman–Crippen LogP) is 3.82. The van der Waals surface area contributed by atoms with Crippen LogP contribution in [0.15, 0.2) is 53.4 Å². The molecular formula is C15H15FOS. The van der Waals surface area contributed by atoms with E-state index in [1.807, 2.05) is 30.5 Å². The zero-order chi connectivity index (χ0) is 13.0. The lowest BCUT2D eigenvalue weighted by Gasteiger charge is -2.12. The highest BCUT2D eigenvalue weighted by Gasteiger charge is 2.11. The molecule has 94 valence electrons. The molecule has 1 N–H and O–H groups in total. The third-order valence-electron chi connectivity index (χ3n) is 2.87. The van der Waals surface area contributed by atoms with Gasteiger partial charge in [0.15, 0.2) is 0 Å². The second-order valence-electron chi connectivity index (χ2n) is 4.08. The van der Waals surface area contributed by atoms with Gasteiger partial charge in [0.2, 0.25) is 0 Å². The summed E-state index contributed by atoms with van der Waals surface area (Å²) >= 11 is 1.65.